The minimum atomic E-state index is -0.424. The van der Waals surface area contributed by atoms with Crippen molar-refractivity contribution in [3.63, 3.8) is 0 Å². The van der Waals surface area contributed by atoms with Gasteiger partial charge in [-0.25, -0.2) is 4.98 Å². The van der Waals surface area contributed by atoms with Crippen LogP contribution < -0.4 is 10.2 Å². The van der Waals surface area contributed by atoms with E-state index in [0.717, 1.165) is 23.1 Å². The molecule has 1 N–H and O–H groups in total. The summed E-state index contributed by atoms with van der Waals surface area (Å²) in [5.74, 6) is 0.832. The summed E-state index contributed by atoms with van der Waals surface area (Å²) in [6.45, 7) is 0.934. The lowest BCUT2D eigenvalue weighted by molar-refractivity contribution is -0.115. The molecule has 1 aliphatic rings. The summed E-state index contributed by atoms with van der Waals surface area (Å²) in [5.41, 5.74) is 0.760. The van der Waals surface area contributed by atoms with E-state index in [2.05, 4.69) is 10.3 Å². The number of amides is 2. The molecule has 0 spiro atoms. The van der Waals surface area contributed by atoms with Gasteiger partial charge >= 0.3 is 0 Å². The number of aromatic nitrogens is 1. The van der Waals surface area contributed by atoms with Gasteiger partial charge in [0, 0.05) is 18.8 Å². The van der Waals surface area contributed by atoms with Crippen LogP contribution in [0.1, 0.15) is 5.56 Å². The fraction of sp³-hybridized carbons (Fsp3) is 0.167. The van der Waals surface area contributed by atoms with E-state index in [0.29, 0.717) is 18.9 Å². The predicted molar refractivity (Wildman–Crippen MR) is 98.0 cm³/mol. The minimum absolute atomic E-state index is 0.289. The first-order valence-electron chi connectivity index (χ1n) is 7.73. The highest BCUT2D eigenvalue weighted by Gasteiger charge is 2.30. The Morgan fingerprint density at radius 2 is 1.92 bits per heavy atom. The normalized spacial score (nSPS) is 15.7. The number of thioether (sulfide) groups is 1. The average Bonchev–Trinajstić information content (AvgIpc) is 2.98. The third-order valence-corrected chi connectivity index (χ3v) is 4.43. The molecule has 7 heteroatoms. The molecule has 0 bridgehead atoms. The Morgan fingerprint density at radius 3 is 2.56 bits per heavy atom. The van der Waals surface area contributed by atoms with Crippen LogP contribution in [-0.2, 0) is 9.53 Å². The van der Waals surface area contributed by atoms with Gasteiger partial charge in [-0.2, -0.15) is 0 Å². The largest absolute Gasteiger partial charge is 0.490 e. The zero-order valence-electron chi connectivity index (χ0n) is 13.6. The summed E-state index contributed by atoms with van der Waals surface area (Å²) in [6.07, 6.45) is 1.73. The zero-order valence-corrected chi connectivity index (χ0v) is 14.5. The topological polar surface area (TPSA) is 71.5 Å². The number of hydrogen-bond donors (Lipinski definition) is 1. The van der Waals surface area contributed by atoms with Gasteiger partial charge in [-0.15, -0.1) is 0 Å². The lowest BCUT2D eigenvalue weighted by Gasteiger charge is -2.19. The van der Waals surface area contributed by atoms with Crippen LogP contribution >= 0.6 is 11.8 Å². The monoisotopic (exact) mass is 355 g/mol. The summed E-state index contributed by atoms with van der Waals surface area (Å²) in [4.78, 5) is 30.0. The Labute approximate surface area is 149 Å². The lowest BCUT2D eigenvalue weighted by Crippen LogP contribution is -2.23. The number of carbonyl (C=O) groups excluding carboxylic acids is 2. The van der Waals surface area contributed by atoms with Crippen molar-refractivity contribution in [2.45, 2.75) is 0 Å². The Bertz CT molecular complexity index is 794. The van der Waals surface area contributed by atoms with Crippen molar-refractivity contribution in [1.82, 2.24) is 10.3 Å². The quantitative estimate of drug-likeness (QED) is 0.635. The summed E-state index contributed by atoms with van der Waals surface area (Å²) in [6, 6.07) is 15.0. The molecule has 3 rings (SSSR count). The van der Waals surface area contributed by atoms with Crippen molar-refractivity contribution in [2.24, 2.45) is 0 Å². The molecule has 2 heterocycles. The standard InChI is InChI=1S/C18H17N3O3S/c1-21(14-9-5-6-10-19-14)11-12-24-15(13-7-3-2-4-8-13)16-17(22)20-18(23)25-16/h2-10H,11-12H2,1H3,(H,20,22,23). The highest BCUT2D eigenvalue weighted by molar-refractivity contribution is 8.18. The number of nitrogens with one attached hydrogen (secondary N) is 1. The van der Waals surface area contributed by atoms with Crippen LogP contribution in [0.25, 0.3) is 5.76 Å². The molecule has 1 aromatic carbocycles. The van der Waals surface area contributed by atoms with Crippen LogP contribution in [0.15, 0.2) is 59.6 Å². The van der Waals surface area contributed by atoms with Crippen molar-refractivity contribution in [2.75, 3.05) is 25.1 Å². The molecule has 6 nitrogen and oxygen atoms in total. The summed E-state index contributed by atoms with van der Waals surface area (Å²) in [5, 5.41) is 1.88. The van der Waals surface area contributed by atoms with Gasteiger partial charge in [-0.3, -0.25) is 14.9 Å². The van der Waals surface area contributed by atoms with Gasteiger partial charge in [0.05, 0.1) is 6.54 Å². The molecule has 0 aliphatic carbocycles. The number of hydrogen-bond acceptors (Lipinski definition) is 6. The Morgan fingerprint density at radius 1 is 1.16 bits per heavy atom. The molecule has 2 amide bonds. The SMILES string of the molecule is CN(CCOC(=C1SC(=O)NC1=O)c1ccccc1)c1ccccn1. The molecule has 25 heavy (non-hydrogen) atoms. The number of carbonyl (C=O) groups is 2. The predicted octanol–water partition coefficient (Wildman–Crippen LogP) is 2.89. The van der Waals surface area contributed by atoms with E-state index in [1.807, 2.05) is 60.5 Å². The lowest BCUT2D eigenvalue weighted by atomic mass is 10.2. The van der Waals surface area contributed by atoms with Gasteiger partial charge in [0.15, 0.2) is 0 Å². The molecule has 0 atom stereocenters. The smallest absolute Gasteiger partial charge is 0.291 e. The maximum absolute atomic E-state index is 12.0. The average molecular weight is 355 g/mol. The van der Waals surface area contributed by atoms with Gasteiger partial charge in [0.25, 0.3) is 11.1 Å². The molecule has 128 valence electrons. The summed E-state index contributed by atoms with van der Waals surface area (Å²) in [7, 11) is 1.92. The van der Waals surface area contributed by atoms with E-state index in [1.54, 1.807) is 6.20 Å². The Kier molecular flexibility index (Phi) is 5.35. The number of benzene rings is 1. The van der Waals surface area contributed by atoms with Crippen LogP contribution in [0.5, 0.6) is 0 Å². The minimum Gasteiger partial charge on any atom is -0.490 e. The Hall–Kier alpha value is -2.80. The molecule has 2 aromatic rings. The summed E-state index contributed by atoms with van der Waals surface area (Å²) < 4.78 is 5.90. The number of pyridine rings is 1. The van der Waals surface area contributed by atoms with Crippen LogP contribution in [0.3, 0.4) is 0 Å². The van der Waals surface area contributed by atoms with Crippen LogP contribution in [0.2, 0.25) is 0 Å². The first-order chi connectivity index (χ1) is 12.1. The van der Waals surface area contributed by atoms with Gasteiger partial charge in [0.2, 0.25) is 0 Å². The van der Waals surface area contributed by atoms with Crippen molar-refractivity contribution >= 4 is 34.5 Å². The summed E-state index contributed by atoms with van der Waals surface area (Å²) >= 11 is 0.861. The molecule has 1 saturated heterocycles. The van der Waals surface area contributed by atoms with E-state index in [9.17, 15) is 9.59 Å². The maximum Gasteiger partial charge on any atom is 0.291 e. The van der Waals surface area contributed by atoms with Crippen LogP contribution in [0.4, 0.5) is 10.6 Å². The number of imide groups is 1. The first kappa shape index (κ1) is 17.0. The number of likely N-dealkylation sites (N-methyl/N-ethyl adjacent to an activating group) is 1. The second-order valence-corrected chi connectivity index (χ2v) is 6.31. The molecule has 0 unspecified atom stereocenters. The molecule has 0 radical (unpaired) electrons. The van der Waals surface area contributed by atoms with Gasteiger partial charge in [0.1, 0.15) is 23.1 Å². The molecule has 0 saturated carbocycles. The van der Waals surface area contributed by atoms with E-state index in [-0.39, 0.29) is 10.1 Å². The van der Waals surface area contributed by atoms with Gasteiger partial charge in [-0.1, -0.05) is 36.4 Å². The molecule has 1 aromatic heterocycles. The maximum atomic E-state index is 12.0. The van der Waals surface area contributed by atoms with E-state index in [4.69, 9.17) is 4.74 Å². The van der Waals surface area contributed by atoms with Crippen LogP contribution in [0, 0.1) is 0 Å². The van der Waals surface area contributed by atoms with Crippen molar-refractivity contribution in [3.05, 3.63) is 65.2 Å². The van der Waals surface area contributed by atoms with E-state index < -0.39 is 5.91 Å². The second-order valence-electron chi connectivity index (χ2n) is 5.33. The fourth-order valence-electron chi connectivity index (χ4n) is 2.31. The highest BCUT2D eigenvalue weighted by atomic mass is 32.2. The molecule has 1 aliphatic heterocycles. The first-order valence-corrected chi connectivity index (χ1v) is 8.54. The fourth-order valence-corrected chi connectivity index (χ4v) is 3.05. The third kappa shape index (κ3) is 4.19. The number of nitrogens with zero attached hydrogens (tertiary/aromatic N) is 2. The second kappa shape index (κ2) is 7.85. The molecule has 1 fully saturated rings. The van der Waals surface area contributed by atoms with Crippen molar-refractivity contribution in [1.29, 1.82) is 0 Å². The number of rotatable bonds is 6. The van der Waals surface area contributed by atoms with Crippen molar-refractivity contribution in [3.8, 4) is 0 Å². The highest BCUT2D eigenvalue weighted by Crippen LogP contribution is 2.32. The number of ether oxygens (including phenoxy) is 1. The molecular weight excluding hydrogens is 338 g/mol. The van der Waals surface area contributed by atoms with E-state index in [1.165, 1.54) is 0 Å². The molecular formula is C18H17N3O3S. The van der Waals surface area contributed by atoms with Crippen molar-refractivity contribution < 1.29 is 14.3 Å². The number of anilines is 1. The third-order valence-electron chi connectivity index (χ3n) is 3.57. The van der Waals surface area contributed by atoms with Gasteiger partial charge < -0.3 is 9.64 Å². The van der Waals surface area contributed by atoms with Crippen LogP contribution in [-0.4, -0.2) is 36.3 Å². The van der Waals surface area contributed by atoms with E-state index >= 15 is 0 Å². The zero-order chi connectivity index (χ0) is 17.6. The Balaban J connectivity index is 1.74. The van der Waals surface area contributed by atoms with Gasteiger partial charge in [-0.05, 0) is 23.9 Å².